The van der Waals surface area contributed by atoms with Gasteiger partial charge in [-0.25, -0.2) is 14.5 Å². The minimum absolute atomic E-state index is 0.123. The van der Waals surface area contributed by atoms with Gasteiger partial charge in [-0.2, -0.15) is 0 Å². The van der Waals surface area contributed by atoms with Crippen LogP contribution in [0.25, 0.3) is 6.08 Å². The van der Waals surface area contributed by atoms with Crippen LogP contribution in [0.15, 0.2) is 64.6 Å². The van der Waals surface area contributed by atoms with E-state index in [0.717, 1.165) is 4.90 Å². The van der Waals surface area contributed by atoms with E-state index < -0.39 is 23.8 Å². The Bertz CT molecular complexity index is 1540. The summed E-state index contributed by atoms with van der Waals surface area (Å²) >= 11 is 15.6. The van der Waals surface area contributed by atoms with Crippen LogP contribution in [0, 0.1) is 0 Å². The molecule has 0 atom stereocenters. The van der Waals surface area contributed by atoms with Crippen LogP contribution in [0.2, 0.25) is 10.0 Å². The number of barbiturate groups is 1. The van der Waals surface area contributed by atoms with E-state index >= 15 is 0 Å². The van der Waals surface area contributed by atoms with E-state index in [2.05, 4.69) is 21.2 Å². The average Bonchev–Trinajstić information content (AvgIpc) is 2.91. The number of benzene rings is 3. The summed E-state index contributed by atoms with van der Waals surface area (Å²) in [6.45, 7) is 2.01. The first-order valence-electron chi connectivity index (χ1n) is 11.8. The first-order chi connectivity index (χ1) is 19.1. The number of amides is 4. The van der Waals surface area contributed by atoms with Crippen molar-refractivity contribution in [2.75, 3.05) is 18.6 Å². The summed E-state index contributed by atoms with van der Waals surface area (Å²) in [5.41, 5.74) is 1.25. The lowest BCUT2D eigenvalue weighted by molar-refractivity contribution is -0.122. The van der Waals surface area contributed by atoms with Crippen LogP contribution in [-0.4, -0.2) is 37.5 Å². The van der Waals surface area contributed by atoms with E-state index in [1.165, 1.54) is 37.5 Å². The second-order valence-corrected chi connectivity index (χ2v) is 9.98. The molecule has 1 heterocycles. The van der Waals surface area contributed by atoms with Crippen LogP contribution < -0.4 is 19.7 Å². The van der Waals surface area contributed by atoms with E-state index in [1.54, 1.807) is 37.3 Å². The molecule has 1 fully saturated rings. The summed E-state index contributed by atoms with van der Waals surface area (Å²) in [6.07, 6.45) is 1.33. The summed E-state index contributed by atoms with van der Waals surface area (Å²) in [5.74, 6) is -1.55. The third-order valence-electron chi connectivity index (χ3n) is 5.69. The number of hydrogen-bond acceptors (Lipinski definition) is 7. The van der Waals surface area contributed by atoms with E-state index in [-0.39, 0.29) is 30.0 Å². The van der Waals surface area contributed by atoms with Crippen molar-refractivity contribution in [3.63, 3.8) is 0 Å². The number of hydrogen-bond donors (Lipinski definition) is 1. The Morgan fingerprint density at radius 1 is 1.05 bits per heavy atom. The van der Waals surface area contributed by atoms with Gasteiger partial charge in [0.25, 0.3) is 11.8 Å². The molecule has 1 N–H and O–H groups in total. The Morgan fingerprint density at radius 2 is 1.77 bits per heavy atom. The summed E-state index contributed by atoms with van der Waals surface area (Å²) in [4.78, 5) is 51.2. The number of ether oxygens (including phenoxy) is 3. The number of halogens is 3. The molecule has 206 valence electrons. The topological polar surface area (TPSA) is 111 Å². The molecule has 1 aliphatic heterocycles. The highest BCUT2D eigenvalue weighted by Gasteiger charge is 2.37. The highest BCUT2D eigenvalue weighted by molar-refractivity contribution is 9.10. The molecule has 40 heavy (non-hydrogen) atoms. The zero-order valence-corrected chi connectivity index (χ0v) is 24.2. The molecule has 4 amide bonds. The molecule has 0 bridgehead atoms. The number of carbonyl (C=O) groups excluding carboxylic acids is 4. The van der Waals surface area contributed by atoms with Crippen LogP contribution in [0.5, 0.6) is 11.5 Å². The van der Waals surface area contributed by atoms with Gasteiger partial charge in [0.15, 0.2) is 11.5 Å². The lowest BCUT2D eigenvalue weighted by Gasteiger charge is -2.26. The van der Waals surface area contributed by atoms with Crippen LogP contribution in [0.3, 0.4) is 0 Å². The molecule has 0 radical (unpaired) electrons. The zero-order chi connectivity index (χ0) is 29.0. The number of methoxy groups -OCH3 is 1. The Hall–Kier alpha value is -3.86. The fourth-order valence-electron chi connectivity index (χ4n) is 3.77. The molecule has 0 unspecified atom stereocenters. The highest BCUT2D eigenvalue weighted by Crippen LogP contribution is 2.38. The minimum Gasteiger partial charge on any atom is -0.493 e. The van der Waals surface area contributed by atoms with Gasteiger partial charge in [0.1, 0.15) is 12.2 Å². The van der Waals surface area contributed by atoms with Crippen molar-refractivity contribution in [1.29, 1.82) is 0 Å². The van der Waals surface area contributed by atoms with Gasteiger partial charge in [0.2, 0.25) is 0 Å². The largest absolute Gasteiger partial charge is 0.493 e. The van der Waals surface area contributed by atoms with Crippen LogP contribution >= 0.6 is 39.1 Å². The molecule has 9 nitrogen and oxygen atoms in total. The molecule has 0 aromatic heterocycles. The summed E-state index contributed by atoms with van der Waals surface area (Å²) < 4.78 is 16.8. The van der Waals surface area contributed by atoms with Crippen LogP contribution in [0.1, 0.15) is 28.4 Å². The van der Waals surface area contributed by atoms with Crippen LogP contribution in [-0.2, 0) is 20.9 Å². The number of esters is 1. The third kappa shape index (κ3) is 6.30. The first-order valence-corrected chi connectivity index (χ1v) is 13.3. The number of nitrogens with zero attached hydrogens (tertiary/aromatic N) is 1. The van der Waals surface area contributed by atoms with Crippen LogP contribution in [0.4, 0.5) is 10.5 Å². The molecular weight excluding hydrogens is 627 g/mol. The molecule has 3 aromatic carbocycles. The van der Waals surface area contributed by atoms with E-state index in [1.807, 2.05) is 0 Å². The van der Waals surface area contributed by atoms with E-state index in [0.29, 0.717) is 37.1 Å². The summed E-state index contributed by atoms with van der Waals surface area (Å²) in [6, 6.07) is 13.0. The average molecular weight is 648 g/mol. The zero-order valence-electron chi connectivity index (χ0n) is 21.1. The SMILES string of the molecule is CCOC(=O)c1ccc(N2C(=O)NC(=O)/C(=C\c3cc(Br)c(OCc4ccc(Cl)cc4Cl)c(OC)c3)C2=O)cc1. The van der Waals surface area contributed by atoms with E-state index in [4.69, 9.17) is 37.4 Å². The molecule has 4 rings (SSSR count). The second kappa shape index (κ2) is 12.5. The van der Waals surface area contributed by atoms with Gasteiger partial charge in [-0.3, -0.25) is 14.9 Å². The highest BCUT2D eigenvalue weighted by atomic mass is 79.9. The maximum Gasteiger partial charge on any atom is 0.338 e. The van der Waals surface area contributed by atoms with Gasteiger partial charge >= 0.3 is 12.0 Å². The molecule has 0 aliphatic carbocycles. The number of rotatable bonds is 8. The number of anilines is 1. The van der Waals surface area contributed by atoms with Crippen molar-refractivity contribution in [2.45, 2.75) is 13.5 Å². The monoisotopic (exact) mass is 646 g/mol. The van der Waals surface area contributed by atoms with Gasteiger partial charge in [0.05, 0.1) is 29.4 Å². The molecule has 0 saturated carbocycles. The molecule has 3 aromatic rings. The number of carbonyl (C=O) groups is 4. The fourth-order valence-corrected chi connectivity index (χ4v) is 4.81. The van der Waals surface area contributed by atoms with Gasteiger partial charge in [-0.05, 0) is 83.0 Å². The quantitative estimate of drug-likeness (QED) is 0.176. The third-order valence-corrected chi connectivity index (χ3v) is 6.86. The number of imide groups is 2. The van der Waals surface area contributed by atoms with E-state index in [9.17, 15) is 19.2 Å². The Labute approximate surface area is 247 Å². The van der Waals surface area contributed by atoms with Crippen molar-refractivity contribution in [3.8, 4) is 11.5 Å². The first kappa shape index (κ1) is 29.1. The van der Waals surface area contributed by atoms with Gasteiger partial charge in [-0.1, -0.05) is 29.3 Å². The smallest absolute Gasteiger partial charge is 0.338 e. The molecule has 1 aliphatic rings. The predicted molar refractivity (Wildman–Crippen MR) is 153 cm³/mol. The maximum absolute atomic E-state index is 13.3. The van der Waals surface area contributed by atoms with Crippen molar-refractivity contribution in [2.24, 2.45) is 0 Å². The Balaban J connectivity index is 1.61. The summed E-state index contributed by atoms with van der Waals surface area (Å²) in [5, 5.41) is 3.11. The second-order valence-electron chi connectivity index (χ2n) is 8.28. The van der Waals surface area contributed by atoms with Gasteiger partial charge in [-0.15, -0.1) is 0 Å². The van der Waals surface area contributed by atoms with Crippen molar-refractivity contribution in [3.05, 3.63) is 91.4 Å². The van der Waals surface area contributed by atoms with Crippen molar-refractivity contribution < 1.29 is 33.4 Å². The summed E-state index contributed by atoms with van der Waals surface area (Å²) in [7, 11) is 1.44. The molecular formula is C28H21BrCl2N2O7. The van der Waals surface area contributed by atoms with Gasteiger partial charge < -0.3 is 14.2 Å². The van der Waals surface area contributed by atoms with Crippen molar-refractivity contribution >= 4 is 74.7 Å². The Morgan fingerprint density at radius 3 is 2.42 bits per heavy atom. The minimum atomic E-state index is -0.917. The van der Waals surface area contributed by atoms with Crippen molar-refractivity contribution in [1.82, 2.24) is 5.32 Å². The lowest BCUT2D eigenvalue weighted by Crippen LogP contribution is -2.54. The fraction of sp³-hybridized carbons (Fsp3) is 0.143. The molecule has 12 heteroatoms. The number of urea groups is 1. The standard InChI is InChI=1S/C28H21BrCl2N2O7/c1-3-39-27(36)16-5-8-19(9-6-16)33-26(35)20(25(34)32-28(33)37)10-15-11-21(29)24(23(12-15)38-2)40-14-17-4-7-18(30)13-22(17)31/h4-13H,3,14H2,1-2H3,(H,32,34,37)/b20-10+. The van der Waals surface area contributed by atoms with Gasteiger partial charge in [0, 0.05) is 15.6 Å². The number of nitrogens with one attached hydrogen (secondary N) is 1. The lowest BCUT2D eigenvalue weighted by atomic mass is 10.1. The predicted octanol–water partition coefficient (Wildman–Crippen LogP) is 6.19. The molecule has 0 spiro atoms. The molecule has 1 saturated heterocycles. The Kier molecular flexibility index (Phi) is 9.14. The normalized spacial score (nSPS) is 14.3. The maximum atomic E-state index is 13.3.